The van der Waals surface area contributed by atoms with E-state index in [0.717, 1.165) is 16.3 Å². The molecule has 0 atom stereocenters. The smallest absolute Gasteiger partial charge is 0.337 e. The number of hydrogen-bond donors (Lipinski definition) is 1. The van der Waals surface area contributed by atoms with Crippen molar-refractivity contribution in [3.05, 3.63) is 58.7 Å². The predicted octanol–water partition coefficient (Wildman–Crippen LogP) is 3.73. The summed E-state index contributed by atoms with van der Waals surface area (Å²) in [6.45, 7) is 0. The number of nitrogens with zero attached hydrogens (tertiary/aromatic N) is 1. The molecule has 0 saturated carbocycles. The van der Waals surface area contributed by atoms with Crippen LogP contribution in [-0.4, -0.2) is 16.1 Å². The van der Waals surface area contributed by atoms with Gasteiger partial charge in [-0.1, -0.05) is 23.7 Å². The van der Waals surface area contributed by atoms with Gasteiger partial charge in [0.05, 0.1) is 10.6 Å². The summed E-state index contributed by atoms with van der Waals surface area (Å²) >= 11 is 7.35. The van der Waals surface area contributed by atoms with E-state index in [1.807, 2.05) is 24.3 Å². The second-order valence-corrected chi connectivity index (χ2v) is 5.04. The van der Waals surface area contributed by atoms with Crippen molar-refractivity contribution in [2.45, 2.75) is 10.8 Å². The lowest BCUT2D eigenvalue weighted by atomic mass is 10.2. The molecule has 2 rings (SSSR count). The summed E-state index contributed by atoms with van der Waals surface area (Å²) in [7, 11) is 0. The van der Waals surface area contributed by atoms with Gasteiger partial charge >= 0.3 is 5.97 Å². The molecule has 1 aromatic carbocycles. The largest absolute Gasteiger partial charge is 0.478 e. The van der Waals surface area contributed by atoms with Gasteiger partial charge in [0, 0.05) is 17.0 Å². The molecule has 1 N–H and O–H groups in total. The number of carboxylic acids is 1. The number of aromatic carboxylic acids is 1. The summed E-state index contributed by atoms with van der Waals surface area (Å²) in [5.41, 5.74) is 1.35. The summed E-state index contributed by atoms with van der Waals surface area (Å²) in [5.74, 6) is -0.187. The van der Waals surface area contributed by atoms with Crippen LogP contribution in [0.5, 0.6) is 0 Å². The summed E-state index contributed by atoms with van der Waals surface area (Å²) in [5, 5.41) is 10.3. The fraction of sp³-hybridized carbons (Fsp3) is 0.0769. The van der Waals surface area contributed by atoms with Gasteiger partial charge < -0.3 is 5.11 Å². The lowest BCUT2D eigenvalue weighted by Crippen LogP contribution is -1.96. The minimum absolute atomic E-state index is 0.200. The van der Waals surface area contributed by atoms with E-state index >= 15 is 0 Å². The van der Waals surface area contributed by atoms with Crippen LogP contribution in [0.15, 0.2) is 47.6 Å². The molecule has 2 aromatic rings. The maximum absolute atomic E-state index is 10.7. The lowest BCUT2D eigenvalue weighted by molar-refractivity contribution is 0.0696. The van der Waals surface area contributed by atoms with Crippen molar-refractivity contribution in [1.82, 2.24) is 4.98 Å². The molecule has 92 valence electrons. The van der Waals surface area contributed by atoms with Gasteiger partial charge in [-0.15, -0.1) is 11.8 Å². The average Bonchev–Trinajstić information content (AvgIpc) is 2.38. The monoisotopic (exact) mass is 279 g/mol. The molecule has 18 heavy (non-hydrogen) atoms. The number of aromatic nitrogens is 1. The second kappa shape index (κ2) is 5.89. The van der Waals surface area contributed by atoms with Crippen LogP contribution >= 0.6 is 23.4 Å². The minimum Gasteiger partial charge on any atom is -0.478 e. The van der Waals surface area contributed by atoms with E-state index in [1.54, 1.807) is 23.9 Å². The highest BCUT2D eigenvalue weighted by molar-refractivity contribution is 7.98. The Morgan fingerprint density at radius 3 is 2.50 bits per heavy atom. The Morgan fingerprint density at radius 1 is 1.22 bits per heavy atom. The number of carbonyl (C=O) groups is 1. The van der Waals surface area contributed by atoms with E-state index < -0.39 is 5.97 Å². The first-order chi connectivity index (χ1) is 8.65. The Hall–Kier alpha value is -1.52. The lowest BCUT2D eigenvalue weighted by Gasteiger charge is -2.02. The van der Waals surface area contributed by atoms with Crippen LogP contribution in [0.3, 0.4) is 0 Å². The average molecular weight is 280 g/mol. The van der Waals surface area contributed by atoms with Gasteiger partial charge in [0.15, 0.2) is 0 Å². The van der Waals surface area contributed by atoms with Crippen molar-refractivity contribution in [2.75, 3.05) is 0 Å². The van der Waals surface area contributed by atoms with Crippen molar-refractivity contribution >= 4 is 29.3 Å². The van der Waals surface area contributed by atoms with E-state index in [-0.39, 0.29) is 5.56 Å². The highest BCUT2D eigenvalue weighted by atomic mass is 35.5. The fourth-order valence-corrected chi connectivity index (χ4v) is 2.25. The SMILES string of the molecule is O=C(O)c1ccc(SCc2ccc(Cl)cc2)nc1. The first-order valence-electron chi connectivity index (χ1n) is 5.22. The van der Waals surface area contributed by atoms with Crippen molar-refractivity contribution in [1.29, 1.82) is 0 Å². The molecule has 1 heterocycles. The van der Waals surface area contributed by atoms with Gasteiger partial charge in [-0.3, -0.25) is 0 Å². The van der Waals surface area contributed by atoms with E-state index in [9.17, 15) is 4.79 Å². The summed E-state index contributed by atoms with van der Waals surface area (Å²) in [6.07, 6.45) is 1.37. The first kappa shape index (κ1) is 12.9. The number of pyridine rings is 1. The molecule has 0 saturated heterocycles. The molecule has 0 fully saturated rings. The van der Waals surface area contributed by atoms with Gasteiger partial charge in [-0.05, 0) is 29.8 Å². The zero-order chi connectivity index (χ0) is 13.0. The molecule has 0 unspecified atom stereocenters. The molecular formula is C13H10ClNO2S. The standard InChI is InChI=1S/C13H10ClNO2S/c14-11-4-1-9(2-5-11)8-18-12-6-3-10(7-15-12)13(16)17/h1-7H,8H2,(H,16,17). The zero-order valence-electron chi connectivity index (χ0n) is 9.34. The highest BCUT2D eigenvalue weighted by Gasteiger charge is 2.03. The Balaban J connectivity index is 1.97. The molecule has 0 aliphatic heterocycles. The van der Waals surface area contributed by atoms with Crippen molar-refractivity contribution in [3.8, 4) is 0 Å². The normalized spacial score (nSPS) is 10.3. The topological polar surface area (TPSA) is 50.2 Å². The number of carboxylic acid groups (broad SMARTS) is 1. The maximum atomic E-state index is 10.7. The third kappa shape index (κ3) is 3.48. The third-order valence-electron chi connectivity index (χ3n) is 2.28. The Labute approximate surface area is 114 Å². The Bertz CT molecular complexity index is 540. The Morgan fingerprint density at radius 2 is 1.94 bits per heavy atom. The number of thioether (sulfide) groups is 1. The van der Waals surface area contributed by atoms with Gasteiger partial charge in [0.2, 0.25) is 0 Å². The van der Waals surface area contributed by atoms with E-state index in [1.165, 1.54) is 6.20 Å². The van der Waals surface area contributed by atoms with Gasteiger partial charge in [-0.2, -0.15) is 0 Å². The van der Waals surface area contributed by atoms with Crippen LogP contribution in [-0.2, 0) is 5.75 Å². The summed E-state index contributed by atoms with van der Waals surface area (Å²) in [4.78, 5) is 14.8. The minimum atomic E-state index is -0.961. The summed E-state index contributed by atoms with van der Waals surface area (Å²) in [6, 6.07) is 10.9. The van der Waals surface area contributed by atoms with Crippen LogP contribution in [0.4, 0.5) is 0 Å². The maximum Gasteiger partial charge on any atom is 0.337 e. The molecule has 3 nitrogen and oxygen atoms in total. The molecule has 0 bridgehead atoms. The number of benzene rings is 1. The molecule has 0 radical (unpaired) electrons. The third-order valence-corrected chi connectivity index (χ3v) is 3.55. The number of hydrogen-bond acceptors (Lipinski definition) is 3. The van der Waals surface area contributed by atoms with Crippen LogP contribution in [0.2, 0.25) is 5.02 Å². The van der Waals surface area contributed by atoms with Crippen LogP contribution in [0.1, 0.15) is 15.9 Å². The molecule has 0 amide bonds. The predicted molar refractivity (Wildman–Crippen MR) is 72.2 cm³/mol. The molecule has 0 spiro atoms. The van der Waals surface area contributed by atoms with E-state index in [2.05, 4.69) is 4.98 Å². The molecule has 0 aliphatic rings. The first-order valence-corrected chi connectivity index (χ1v) is 6.58. The van der Waals surface area contributed by atoms with Crippen molar-refractivity contribution in [3.63, 3.8) is 0 Å². The van der Waals surface area contributed by atoms with Gasteiger partial charge in [-0.25, -0.2) is 9.78 Å². The summed E-state index contributed by atoms with van der Waals surface area (Å²) < 4.78 is 0. The Kier molecular flexibility index (Phi) is 4.23. The quantitative estimate of drug-likeness (QED) is 0.867. The van der Waals surface area contributed by atoms with Gasteiger partial charge in [0.25, 0.3) is 0 Å². The molecular weight excluding hydrogens is 270 g/mol. The molecule has 0 aliphatic carbocycles. The van der Waals surface area contributed by atoms with Gasteiger partial charge in [0.1, 0.15) is 0 Å². The number of rotatable bonds is 4. The van der Waals surface area contributed by atoms with Crippen LogP contribution < -0.4 is 0 Å². The number of halogens is 1. The van der Waals surface area contributed by atoms with E-state index in [4.69, 9.17) is 16.7 Å². The van der Waals surface area contributed by atoms with Crippen molar-refractivity contribution < 1.29 is 9.90 Å². The molecule has 5 heteroatoms. The second-order valence-electron chi connectivity index (χ2n) is 3.61. The van der Waals surface area contributed by atoms with Crippen LogP contribution in [0, 0.1) is 0 Å². The molecule has 1 aromatic heterocycles. The van der Waals surface area contributed by atoms with Crippen LogP contribution in [0.25, 0.3) is 0 Å². The fourth-order valence-electron chi connectivity index (χ4n) is 1.33. The van der Waals surface area contributed by atoms with E-state index in [0.29, 0.717) is 5.02 Å². The highest BCUT2D eigenvalue weighted by Crippen LogP contribution is 2.21. The zero-order valence-corrected chi connectivity index (χ0v) is 10.9. The van der Waals surface area contributed by atoms with Crippen molar-refractivity contribution in [2.24, 2.45) is 0 Å².